The summed E-state index contributed by atoms with van der Waals surface area (Å²) >= 11 is 0. The number of para-hydroxylation sites is 1. The van der Waals surface area contributed by atoms with Crippen LogP contribution in [0.1, 0.15) is 29.8 Å². The van der Waals surface area contributed by atoms with Crippen LogP contribution in [0.2, 0.25) is 0 Å². The summed E-state index contributed by atoms with van der Waals surface area (Å²) in [6.45, 7) is 2.65. The van der Waals surface area contributed by atoms with Gasteiger partial charge in [-0.05, 0) is 25.1 Å². The summed E-state index contributed by atoms with van der Waals surface area (Å²) in [6, 6.07) is 13.3. The molecule has 1 aliphatic heterocycles. The number of carbonyl (C=O) groups is 3. The molecule has 1 heterocycles. The number of benzene rings is 2. The van der Waals surface area contributed by atoms with Gasteiger partial charge in [-0.25, -0.2) is 0 Å². The van der Waals surface area contributed by atoms with Gasteiger partial charge in [0.1, 0.15) is 0 Å². The van der Waals surface area contributed by atoms with Gasteiger partial charge in [0.2, 0.25) is 17.2 Å². The van der Waals surface area contributed by atoms with E-state index in [9.17, 15) is 14.4 Å². The van der Waals surface area contributed by atoms with Crippen molar-refractivity contribution in [3.05, 3.63) is 71.3 Å². The van der Waals surface area contributed by atoms with E-state index in [4.69, 9.17) is 18.9 Å². The third-order valence-corrected chi connectivity index (χ3v) is 4.58. The van der Waals surface area contributed by atoms with E-state index < -0.39 is 23.3 Å². The van der Waals surface area contributed by atoms with Gasteiger partial charge < -0.3 is 18.9 Å². The van der Waals surface area contributed by atoms with Crippen LogP contribution in [-0.4, -0.2) is 31.9 Å². The maximum atomic E-state index is 13.3. The van der Waals surface area contributed by atoms with Crippen molar-refractivity contribution >= 4 is 17.7 Å². The summed E-state index contributed by atoms with van der Waals surface area (Å²) in [7, 11) is 2.90. The molecule has 1 N–H and O–H groups in total. The zero-order chi connectivity index (χ0) is 21.9. The Kier molecular flexibility index (Phi) is 5.77. The molecule has 0 aromatic heterocycles. The number of esters is 1. The fraction of sp³-hybridized carbons (Fsp3) is 0.227. The first-order valence-corrected chi connectivity index (χ1v) is 9.06. The third-order valence-electron chi connectivity index (χ3n) is 4.58. The van der Waals surface area contributed by atoms with Gasteiger partial charge in [0, 0.05) is 18.1 Å². The average Bonchev–Trinajstić information content (AvgIpc) is 2.98. The zero-order valence-corrected chi connectivity index (χ0v) is 17.0. The van der Waals surface area contributed by atoms with E-state index in [0.29, 0.717) is 16.9 Å². The summed E-state index contributed by atoms with van der Waals surface area (Å²) in [5.74, 6) is -1.86. The minimum Gasteiger partial charge on any atom is -0.493 e. The molecule has 1 aliphatic rings. The molecule has 0 spiro atoms. The first-order valence-electron chi connectivity index (χ1n) is 9.06. The van der Waals surface area contributed by atoms with E-state index in [0.717, 1.165) is 6.92 Å². The van der Waals surface area contributed by atoms with E-state index >= 15 is 0 Å². The number of ether oxygens (including phenoxy) is 4. The minimum atomic E-state index is -1.62. The smallest absolute Gasteiger partial charge is 0.308 e. The Morgan fingerprint density at radius 2 is 1.70 bits per heavy atom. The molecule has 0 aliphatic carbocycles. The molecule has 0 radical (unpaired) electrons. The zero-order valence-electron chi connectivity index (χ0n) is 17.0. The first-order chi connectivity index (χ1) is 14.3. The highest BCUT2D eigenvalue weighted by atomic mass is 16.6. The lowest BCUT2D eigenvalue weighted by molar-refractivity contribution is -0.142. The van der Waals surface area contributed by atoms with Crippen molar-refractivity contribution in [3.63, 3.8) is 0 Å². The van der Waals surface area contributed by atoms with Crippen LogP contribution in [0.4, 0.5) is 0 Å². The summed E-state index contributed by atoms with van der Waals surface area (Å²) in [4.78, 5) is 37.4. The molecule has 156 valence electrons. The summed E-state index contributed by atoms with van der Waals surface area (Å²) in [5, 5.41) is 2.52. The average molecular weight is 411 g/mol. The normalized spacial score (nSPS) is 17.9. The van der Waals surface area contributed by atoms with Crippen molar-refractivity contribution in [3.8, 4) is 11.5 Å². The number of nitrogens with one attached hydrogen (secondary N) is 1. The van der Waals surface area contributed by atoms with E-state index in [2.05, 4.69) is 5.32 Å². The molecule has 30 heavy (non-hydrogen) atoms. The summed E-state index contributed by atoms with van der Waals surface area (Å²) in [5.41, 5.74) is -0.928. The largest absolute Gasteiger partial charge is 0.493 e. The van der Waals surface area contributed by atoms with Gasteiger partial charge in [0.05, 0.1) is 14.2 Å². The van der Waals surface area contributed by atoms with Crippen molar-refractivity contribution in [1.82, 2.24) is 5.32 Å². The Morgan fingerprint density at radius 1 is 1.00 bits per heavy atom. The van der Waals surface area contributed by atoms with Gasteiger partial charge >= 0.3 is 5.97 Å². The topological polar surface area (TPSA) is 100 Å². The highest BCUT2D eigenvalue weighted by Crippen LogP contribution is 2.45. The van der Waals surface area contributed by atoms with Crippen LogP contribution in [0.5, 0.6) is 11.5 Å². The lowest BCUT2D eigenvalue weighted by Gasteiger charge is -2.26. The number of carbonyl (C=O) groups excluding carboxylic acids is 3. The number of methoxy groups -OCH3 is 2. The molecule has 1 atom stereocenters. The van der Waals surface area contributed by atoms with Crippen LogP contribution in [0.15, 0.2) is 60.2 Å². The predicted molar refractivity (Wildman–Crippen MR) is 106 cm³/mol. The maximum Gasteiger partial charge on any atom is 0.308 e. The van der Waals surface area contributed by atoms with E-state index in [-0.39, 0.29) is 17.4 Å². The van der Waals surface area contributed by atoms with E-state index in [1.807, 2.05) is 0 Å². The highest BCUT2D eigenvalue weighted by Gasteiger charge is 2.51. The second-order valence-corrected chi connectivity index (χ2v) is 6.58. The number of hydrogen-bond acceptors (Lipinski definition) is 7. The highest BCUT2D eigenvalue weighted by molar-refractivity contribution is 6.06. The van der Waals surface area contributed by atoms with Gasteiger partial charge in [0.25, 0.3) is 11.7 Å². The second-order valence-electron chi connectivity index (χ2n) is 6.58. The number of amides is 1. The molecule has 1 amide bonds. The molecule has 3 rings (SSSR count). The second kappa shape index (κ2) is 8.28. The first kappa shape index (κ1) is 20.9. The number of hydrogen-bond donors (Lipinski definition) is 1. The molecule has 8 heteroatoms. The molecule has 8 nitrogen and oxygen atoms in total. The van der Waals surface area contributed by atoms with Gasteiger partial charge in [-0.3, -0.25) is 19.7 Å². The van der Waals surface area contributed by atoms with Crippen molar-refractivity contribution in [2.45, 2.75) is 19.4 Å². The van der Waals surface area contributed by atoms with E-state index in [1.165, 1.54) is 21.1 Å². The minimum absolute atomic E-state index is 0.253. The number of ketones is 1. The van der Waals surface area contributed by atoms with E-state index in [1.54, 1.807) is 48.5 Å². The van der Waals surface area contributed by atoms with Gasteiger partial charge in [-0.15, -0.1) is 0 Å². The number of Topliss-reactive ketones (excluding diaryl/α,β-unsaturated/α-hetero) is 1. The molecular weight excluding hydrogens is 390 g/mol. The third kappa shape index (κ3) is 3.71. The molecule has 2 aromatic rings. The van der Waals surface area contributed by atoms with Crippen LogP contribution in [0.25, 0.3) is 0 Å². The van der Waals surface area contributed by atoms with Gasteiger partial charge in [-0.2, -0.15) is 0 Å². The fourth-order valence-electron chi connectivity index (χ4n) is 3.14. The maximum absolute atomic E-state index is 13.3. The van der Waals surface area contributed by atoms with Gasteiger partial charge in [0.15, 0.2) is 11.5 Å². The molecule has 0 bridgehead atoms. The molecular formula is C22H21NO7. The summed E-state index contributed by atoms with van der Waals surface area (Å²) in [6.07, 6.45) is 0. The summed E-state index contributed by atoms with van der Waals surface area (Å²) < 4.78 is 21.7. The van der Waals surface area contributed by atoms with Crippen LogP contribution >= 0.6 is 0 Å². The fourth-order valence-corrected chi connectivity index (χ4v) is 3.14. The lowest BCUT2D eigenvalue weighted by Crippen LogP contribution is -2.33. The van der Waals surface area contributed by atoms with Crippen LogP contribution in [0, 0.1) is 0 Å². The van der Waals surface area contributed by atoms with Crippen molar-refractivity contribution in [2.24, 2.45) is 0 Å². The SMILES string of the molecule is COc1cccc(C2(C)OC(NC(=O)c3ccccc3)=C(OC(C)=O)C2=O)c1OC. The molecule has 0 saturated carbocycles. The molecule has 0 fully saturated rings. The van der Waals surface area contributed by atoms with Crippen LogP contribution < -0.4 is 14.8 Å². The predicted octanol–water partition coefficient (Wildman–Crippen LogP) is 2.68. The van der Waals surface area contributed by atoms with Crippen LogP contribution in [0.3, 0.4) is 0 Å². The Hall–Kier alpha value is -3.81. The Balaban J connectivity index is 2.03. The van der Waals surface area contributed by atoms with Crippen molar-refractivity contribution in [2.75, 3.05) is 14.2 Å². The molecule has 2 aromatic carbocycles. The Morgan fingerprint density at radius 3 is 2.30 bits per heavy atom. The lowest BCUT2D eigenvalue weighted by atomic mass is 9.90. The van der Waals surface area contributed by atoms with Crippen LogP contribution in [-0.2, 0) is 24.7 Å². The Bertz CT molecular complexity index is 1030. The molecule has 1 unspecified atom stereocenters. The standard InChI is InChI=1S/C22H21NO7/c1-13(24)29-18-19(25)22(2,15-11-8-12-16(27-3)17(15)28-4)30-21(18)23-20(26)14-9-6-5-7-10-14/h5-12H,1-4H3,(H,23,26). The molecule has 0 saturated heterocycles. The Labute approximate surface area is 173 Å². The number of rotatable bonds is 6. The quantitative estimate of drug-likeness (QED) is 0.730. The van der Waals surface area contributed by atoms with Crippen molar-refractivity contribution in [1.29, 1.82) is 0 Å². The monoisotopic (exact) mass is 411 g/mol. The van der Waals surface area contributed by atoms with Crippen molar-refractivity contribution < 1.29 is 33.3 Å². The van der Waals surface area contributed by atoms with Gasteiger partial charge in [-0.1, -0.05) is 30.3 Å².